The van der Waals surface area contributed by atoms with E-state index in [0.717, 1.165) is 6.26 Å². The monoisotopic (exact) mass is 341 g/mol. The zero-order chi connectivity index (χ0) is 13.3. The fourth-order valence-electron chi connectivity index (χ4n) is 1.14. The third kappa shape index (κ3) is 3.97. The molecule has 17 heavy (non-hydrogen) atoms. The Labute approximate surface area is 109 Å². The van der Waals surface area contributed by atoms with E-state index in [1.54, 1.807) is 13.0 Å². The lowest BCUT2D eigenvalue weighted by atomic mass is 10.2. The average Bonchev–Trinajstić information content (AvgIpc) is 2.19. The van der Waals surface area contributed by atoms with Crippen molar-refractivity contribution in [1.82, 2.24) is 0 Å². The van der Waals surface area contributed by atoms with E-state index in [2.05, 4.69) is 20.7 Å². The molecule has 0 aliphatic heterocycles. The molecule has 1 aromatic rings. The third-order valence-electron chi connectivity index (χ3n) is 2.05. The van der Waals surface area contributed by atoms with E-state index in [1.807, 2.05) is 0 Å². The molecule has 5 nitrogen and oxygen atoms in total. The smallest absolute Gasteiger partial charge is 0.242 e. The van der Waals surface area contributed by atoms with Gasteiger partial charge >= 0.3 is 0 Å². The number of rotatable bonds is 4. The van der Waals surface area contributed by atoms with Crippen LogP contribution in [0.5, 0.6) is 0 Å². The zero-order valence-electron chi connectivity index (χ0n) is 9.27. The van der Waals surface area contributed by atoms with Crippen LogP contribution < -0.4 is 4.72 Å². The van der Waals surface area contributed by atoms with E-state index in [0.29, 0.717) is 5.56 Å². The van der Waals surface area contributed by atoms with Crippen LogP contribution >= 0.6 is 15.9 Å². The normalized spacial score (nSPS) is 12.4. The minimum atomic E-state index is -3.49. The van der Waals surface area contributed by atoms with Crippen LogP contribution in [0.1, 0.15) is 5.56 Å². The maximum atomic E-state index is 11.4. The first-order chi connectivity index (χ1) is 7.65. The molecule has 0 atom stereocenters. The summed E-state index contributed by atoms with van der Waals surface area (Å²) in [5.41, 5.74) is 0.925. The van der Waals surface area contributed by atoms with Crippen molar-refractivity contribution in [2.45, 2.75) is 11.8 Å². The Kier molecular flexibility index (Phi) is 4.21. The largest absolute Gasteiger partial charge is 0.283 e. The number of aryl methyl sites for hydroxylation is 1. The highest BCUT2D eigenvalue weighted by Gasteiger charge is 2.13. The van der Waals surface area contributed by atoms with Crippen LogP contribution in [0.3, 0.4) is 0 Å². The van der Waals surface area contributed by atoms with Crippen LogP contribution in [0.4, 0.5) is 5.69 Å². The predicted molar refractivity (Wildman–Crippen MR) is 70.6 cm³/mol. The second-order valence-corrected chi connectivity index (χ2v) is 8.62. The minimum Gasteiger partial charge on any atom is -0.283 e. The van der Waals surface area contributed by atoms with Gasteiger partial charge < -0.3 is 0 Å². The summed E-state index contributed by atoms with van der Waals surface area (Å²) in [6, 6.07) is 4.31. The molecule has 0 aromatic heterocycles. The second kappa shape index (κ2) is 4.95. The van der Waals surface area contributed by atoms with Gasteiger partial charge in [-0.3, -0.25) is 4.72 Å². The SMILES string of the molecule is Cc1ccc(S(C)(=O)=O)cc1NS(=O)(=O)CBr. The Hall–Kier alpha value is -0.600. The summed E-state index contributed by atoms with van der Waals surface area (Å²) < 4.78 is 47.5. The summed E-state index contributed by atoms with van der Waals surface area (Å²) in [5.74, 6) is 0. The van der Waals surface area contributed by atoms with Crippen molar-refractivity contribution in [2.24, 2.45) is 0 Å². The molecule has 0 saturated heterocycles. The van der Waals surface area contributed by atoms with Crippen molar-refractivity contribution in [1.29, 1.82) is 0 Å². The van der Waals surface area contributed by atoms with Crippen LogP contribution in [0.25, 0.3) is 0 Å². The lowest BCUT2D eigenvalue weighted by Crippen LogP contribution is -2.14. The third-order valence-corrected chi connectivity index (χ3v) is 5.78. The Bertz CT molecular complexity index is 622. The van der Waals surface area contributed by atoms with Crippen molar-refractivity contribution in [2.75, 3.05) is 15.6 Å². The average molecular weight is 342 g/mol. The number of halogens is 1. The molecule has 0 fully saturated rings. The first kappa shape index (κ1) is 14.5. The highest BCUT2D eigenvalue weighted by atomic mass is 79.9. The lowest BCUT2D eigenvalue weighted by Gasteiger charge is -2.10. The highest BCUT2D eigenvalue weighted by Crippen LogP contribution is 2.21. The molecule has 0 spiro atoms. The Balaban J connectivity index is 3.26. The molecular formula is C9H12BrNO4S2. The van der Waals surface area contributed by atoms with E-state index in [4.69, 9.17) is 0 Å². The molecule has 96 valence electrons. The minimum absolute atomic E-state index is 0.0790. The Morgan fingerprint density at radius 1 is 1.24 bits per heavy atom. The molecule has 1 aromatic carbocycles. The molecule has 0 bridgehead atoms. The van der Waals surface area contributed by atoms with Crippen molar-refractivity contribution in [3.63, 3.8) is 0 Å². The molecular weight excluding hydrogens is 330 g/mol. The summed E-state index contributed by atoms with van der Waals surface area (Å²) in [4.78, 5) is 0.0790. The fourth-order valence-corrected chi connectivity index (χ4v) is 2.74. The first-order valence-corrected chi connectivity index (χ1v) is 9.19. The summed E-state index contributed by atoms with van der Waals surface area (Å²) in [5, 5.41) is 0. The van der Waals surface area contributed by atoms with E-state index >= 15 is 0 Å². The van der Waals surface area contributed by atoms with Gasteiger partial charge in [0.15, 0.2) is 9.84 Å². The first-order valence-electron chi connectivity index (χ1n) is 4.53. The van der Waals surface area contributed by atoms with Gasteiger partial charge in [0, 0.05) is 6.26 Å². The van der Waals surface area contributed by atoms with Crippen molar-refractivity contribution < 1.29 is 16.8 Å². The molecule has 1 rings (SSSR count). The Morgan fingerprint density at radius 3 is 2.29 bits per heavy atom. The maximum Gasteiger partial charge on any atom is 0.242 e. The topological polar surface area (TPSA) is 80.3 Å². The van der Waals surface area contributed by atoms with Gasteiger partial charge in [-0.15, -0.1) is 0 Å². The quantitative estimate of drug-likeness (QED) is 0.841. The molecule has 0 aliphatic rings. The number of alkyl halides is 1. The maximum absolute atomic E-state index is 11.4. The van der Waals surface area contributed by atoms with Gasteiger partial charge in [0.2, 0.25) is 10.0 Å². The number of benzene rings is 1. The zero-order valence-corrected chi connectivity index (χ0v) is 12.5. The van der Waals surface area contributed by atoms with Crippen LogP contribution in [-0.2, 0) is 19.9 Å². The van der Waals surface area contributed by atoms with Crippen LogP contribution in [0, 0.1) is 6.92 Å². The number of hydrogen-bond acceptors (Lipinski definition) is 4. The molecule has 0 aliphatic carbocycles. The molecule has 8 heteroatoms. The van der Waals surface area contributed by atoms with Gasteiger partial charge in [0.05, 0.1) is 10.6 Å². The number of nitrogens with one attached hydrogen (secondary N) is 1. The van der Waals surface area contributed by atoms with Crippen LogP contribution in [0.2, 0.25) is 0 Å². The van der Waals surface area contributed by atoms with Crippen molar-refractivity contribution >= 4 is 41.5 Å². The number of hydrogen-bond donors (Lipinski definition) is 1. The summed E-state index contributed by atoms with van der Waals surface area (Å²) in [7, 11) is -6.84. The van der Waals surface area contributed by atoms with Crippen LogP contribution in [0.15, 0.2) is 23.1 Å². The molecule has 0 heterocycles. The van der Waals surface area contributed by atoms with Gasteiger partial charge in [0.25, 0.3) is 0 Å². The van der Waals surface area contributed by atoms with Gasteiger partial charge in [-0.1, -0.05) is 22.0 Å². The standard InChI is InChI=1S/C9H12BrNO4S2/c1-7-3-4-8(16(2,12)13)5-9(7)11-17(14,15)6-10/h3-5,11H,6H2,1-2H3. The molecule has 0 amide bonds. The van der Waals surface area contributed by atoms with Gasteiger partial charge in [0.1, 0.15) is 4.66 Å². The van der Waals surface area contributed by atoms with Gasteiger partial charge in [-0.05, 0) is 24.6 Å². The van der Waals surface area contributed by atoms with E-state index in [1.165, 1.54) is 12.1 Å². The summed E-state index contributed by atoms with van der Waals surface area (Å²) in [6.07, 6.45) is 1.07. The number of sulfone groups is 1. The Morgan fingerprint density at radius 2 is 1.82 bits per heavy atom. The highest BCUT2D eigenvalue weighted by molar-refractivity contribution is 9.10. The predicted octanol–water partition coefficient (Wildman–Crippen LogP) is 1.49. The van der Waals surface area contributed by atoms with Crippen LogP contribution in [-0.4, -0.2) is 27.8 Å². The van der Waals surface area contributed by atoms with E-state index < -0.39 is 19.9 Å². The van der Waals surface area contributed by atoms with E-state index in [9.17, 15) is 16.8 Å². The van der Waals surface area contributed by atoms with Gasteiger partial charge in [-0.2, -0.15) is 0 Å². The second-order valence-electron chi connectivity index (χ2n) is 3.57. The lowest BCUT2D eigenvalue weighted by molar-refractivity contribution is 0.600. The molecule has 0 radical (unpaired) electrons. The molecule has 1 N–H and O–H groups in total. The molecule has 0 saturated carbocycles. The molecule has 0 unspecified atom stereocenters. The van der Waals surface area contributed by atoms with Crippen molar-refractivity contribution in [3.05, 3.63) is 23.8 Å². The summed E-state index contributed by atoms with van der Waals surface area (Å²) >= 11 is 2.84. The number of anilines is 1. The van der Waals surface area contributed by atoms with Crippen molar-refractivity contribution in [3.8, 4) is 0 Å². The number of sulfonamides is 1. The van der Waals surface area contributed by atoms with E-state index in [-0.39, 0.29) is 15.2 Å². The fraction of sp³-hybridized carbons (Fsp3) is 0.333. The summed E-state index contributed by atoms with van der Waals surface area (Å²) in [6.45, 7) is 1.69. The van der Waals surface area contributed by atoms with Gasteiger partial charge in [-0.25, -0.2) is 16.8 Å².